The standard InChI is InChI=1S/C11H14N4O2/c1-8-5-10(17-14-8)11(16)13-9(2)6-15-4-3-12-7-15/h3-5,7,9H,6H2,1-2H3,(H,13,16)/t9-/m1/s1. The fourth-order valence-electron chi connectivity index (χ4n) is 1.52. The van der Waals surface area contributed by atoms with Gasteiger partial charge < -0.3 is 14.4 Å². The number of hydrogen-bond acceptors (Lipinski definition) is 4. The van der Waals surface area contributed by atoms with E-state index in [2.05, 4.69) is 15.5 Å². The summed E-state index contributed by atoms with van der Waals surface area (Å²) in [6.07, 6.45) is 5.26. The summed E-state index contributed by atoms with van der Waals surface area (Å²) in [5, 5.41) is 6.50. The monoisotopic (exact) mass is 234 g/mol. The zero-order valence-corrected chi connectivity index (χ0v) is 9.75. The lowest BCUT2D eigenvalue weighted by Crippen LogP contribution is -2.35. The first-order chi connectivity index (χ1) is 8.15. The number of rotatable bonds is 4. The molecule has 0 aromatic carbocycles. The van der Waals surface area contributed by atoms with E-state index < -0.39 is 0 Å². The normalized spacial score (nSPS) is 12.4. The molecule has 0 radical (unpaired) electrons. The molecule has 1 amide bonds. The second kappa shape index (κ2) is 4.82. The van der Waals surface area contributed by atoms with E-state index >= 15 is 0 Å². The maximum absolute atomic E-state index is 11.7. The van der Waals surface area contributed by atoms with Gasteiger partial charge in [0.2, 0.25) is 5.76 Å². The Morgan fingerprint density at radius 2 is 2.47 bits per heavy atom. The summed E-state index contributed by atoms with van der Waals surface area (Å²) in [6.45, 7) is 4.36. The first-order valence-electron chi connectivity index (χ1n) is 5.35. The quantitative estimate of drug-likeness (QED) is 0.856. The van der Waals surface area contributed by atoms with Crippen LogP contribution in [0, 0.1) is 6.92 Å². The predicted molar refractivity (Wildman–Crippen MR) is 60.4 cm³/mol. The average molecular weight is 234 g/mol. The highest BCUT2D eigenvalue weighted by atomic mass is 16.5. The topological polar surface area (TPSA) is 73.0 Å². The molecule has 2 rings (SSSR count). The number of imidazole rings is 1. The Labute approximate surface area is 98.6 Å². The number of carbonyl (C=O) groups is 1. The van der Waals surface area contributed by atoms with Gasteiger partial charge in [-0.25, -0.2) is 4.98 Å². The van der Waals surface area contributed by atoms with Gasteiger partial charge in [-0.05, 0) is 13.8 Å². The number of aromatic nitrogens is 3. The molecule has 0 aliphatic heterocycles. The van der Waals surface area contributed by atoms with Gasteiger partial charge in [-0.3, -0.25) is 4.79 Å². The van der Waals surface area contributed by atoms with Gasteiger partial charge >= 0.3 is 0 Å². The minimum atomic E-state index is -0.252. The van der Waals surface area contributed by atoms with Gasteiger partial charge in [0.05, 0.1) is 12.0 Å². The molecular formula is C11H14N4O2. The van der Waals surface area contributed by atoms with Crippen LogP contribution in [0.25, 0.3) is 0 Å². The Kier molecular flexibility index (Phi) is 3.22. The third-order valence-corrected chi connectivity index (χ3v) is 2.27. The Morgan fingerprint density at radius 3 is 3.06 bits per heavy atom. The fraction of sp³-hybridized carbons (Fsp3) is 0.364. The van der Waals surface area contributed by atoms with Crippen molar-refractivity contribution < 1.29 is 9.32 Å². The summed E-state index contributed by atoms with van der Waals surface area (Å²) < 4.78 is 6.78. The second-order valence-corrected chi connectivity index (χ2v) is 3.97. The molecule has 6 nitrogen and oxygen atoms in total. The zero-order chi connectivity index (χ0) is 12.3. The SMILES string of the molecule is Cc1cc(C(=O)N[C@H](C)Cn2ccnc2)on1. The van der Waals surface area contributed by atoms with Crippen LogP contribution in [-0.4, -0.2) is 26.7 Å². The van der Waals surface area contributed by atoms with Crippen LogP contribution in [0.3, 0.4) is 0 Å². The predicted octanol–water partition coefficient (Wildman–Crippen LogP) is 0.998. The van der Waals surface area contributed by atoms with E-state index in [1.165, 1.54) is 0 Å². The highest BCUT2D eigenvalue weighted by molar-refractivity contribution is 5.91. The van der Waals surface area contributed by atoms with Crippen LogP contribution < -0.4 is 5.32 Å². The van der Waals surface area contributed by atoms with Gasteiger partial charge in [-0.15, -0.1) is 0 Å². The molecule has 0 spiro atoms. The maximum atomic E-state index is 11.7. The van der Waals surface area contributed by atoms with E-state index in [9.17, 15) is 4.79 Å². The molecule has 2 aromatic heterocycles. The summed E-state index contributed by atoms with van der Waals surface area (Å²) >= 11 is 0. The van der Waals surface area contributed by atoms with Gasteiger partial charge in [0.15, 0.2) is 0 Å². The molecule has 6 heteroatoms. The van der Waals surface area contributed by atoms with E-state index in [-0.39, 0.29) is 17.7 Å². The third kappa shape index (κ3) is 2.93. The number of nitrogens with one attached hydrogen (secondary N) is 1. The molecule has 2 aromatic rings. The smallest absolute Gasteiger partial charge is 0.290 e. The number of aryl methyl sites for hydroxylation is 1. The fourth-order valence-corrected chi connectivity index (χ4v) is 1.52. The van der Waals surface area contributed by atoms with Crippen molar-refractivity contribution in [3.05, 3.63) is 36.2 Å². The number of carbonyl (C=O) groups excluding carboxylic acids is 1. The molecule has 0 aliphatic rings. The average Bonchev–Trinajstić information content (AvgIpc) is 2.89. The highest BCUT2D eigenvalue weighted by Crippen LogP contribution is 2.02. The van der Waals surface area contributed by atoms with E-state index in [4.69, 9.17) is 4.52 Å². The number of amides is 1. The van der Waals surface area contributed by atoms with Gasteiger partial charge in [0.1, 0.15) is 0 Å². The maximum Gasteiger partial charge on any atom is 0.290 e. The Hall–Kier alpha value is -2.11. The van der Waals surface area contributed by atoms with Crippen LogP contribution in [0.1, 0.15) is 23.2 Å². The molecular weight excluding hydrogens is 220 g/mol. The van der Waals surface area contributed by atoms with Crippen molar-refractivity contribution in [3.63, 3.8) is 0 Å². The summed E-state index contributed by atoms with van der Waals surface area (Å²) in [5.74, 6) is -0.0156. The number of nitrogens with zero attached hydrogens (tertiary/aromatic N) is 3. The zero-order valence-electron chi connectivity index (χ0n) is 9.75. The van der Waals surface area contributed by atoms with E-state index in [1.807, 2.05) is 17.7 Å². The molecule has 0 fully saturated rings. The van der Waals surface area contributed by atoms with Crippen molar-refractivity contribution in [2.75, 3.05) is 0 Å². The largest absolute Gasteiger partial charge is 0.351 e. The minimum absolute atomic E-state index is 0.0119. The lowest BCUT2D eigenvalue weighted by Gasteiger charge is -2.12. The Balaban J connectivity index is 1.90. The van der Waals surface area contributed by atoms with Crippen LogP contribution in [0.15, 0.2) is 29.3 Å². The van der Waals surface area contributed by atoms with E-state index in [1.54, 1.807) is 25.5 Å². The third-order valence-electron chi connectivity index (χ3n) is 2.27. The summed E-state index contributed by atoms with van der Waals surface area (Å²) in [4.78, 5) is 15.7. The first kappa shape index (κ1) is 11.4. The van der Waals surface area contributed by atoms with Crippen LogP contribution in [-0.2, 0) is 6.54 Å². The summed E-state index contributed by atoms with van der Waals surface area (Å²) in [5.41, 5.74) is 0.692. The molecule has 0 saturated carbocycles. The molecule has 17 heavy (non-hydrogen) atoms. The molecule has 1 N–H and O–H groups in total. The van der Waals surface area contributed by atoms with Crippen LogP contribution >= 0.6 is 0 Å². The van der Waals surface area contributed by atoms with E-state index in [0.29, 0.717) is 12.2 Å². The van der Waals surface area contributed by atoms with Crippen LogP contribution in [0.4, 0.5) is 0 Å². The lowest BCUT2D eigenvalue weighted by molar-refractivity contribution is 0.0899. The first-order valence-corrected chi connectivity index (χ1v) is 5.35. The van der Waals surface area contributed by atoms with Crippen LogP contribution in [0.5, 0.6) is 0 Å². The van der Waals surface area contributed by atoms with Crippen LogP contribution in [0.2, 0.25) is 0 Å². The van der Waals surface area contributed by atoms with Gasteiger partial charge in [0, 0.05) is 31.0 Å². The molecule has 0 bridgehead atoms. The van der Waals surface area contributed by atoms with Crippen molar-refractivity contribution in [1.82, 2.24) is 20.0 Å². The highest BCUT2D eigenvalue weighted by Gasteiger charge is 2.14. The van der Waals surface area contributed by atoms with Gasteiger partial charge in [-0.1, -0.05) is 5.16 Å². The van der Waals surface area contributed by atoms with Crippen molar-refractivity contribution in [2.24, 2.45) is 0 Å². The Bertz CT molecular complexity index is 489. The van der Waals surface area contributed by atoms with Crippen molar-refractivity contribution in [2.45, 2.75) is 26.4 Å². The molecule has 1 atom stereocenters. The molecule has 0 saturated heterocycles. The second-order valence-electron chi connectivity index (χ2n) is 3.97. The van der Waals surface area contributed by atoms with Gasteiger partial charge in [-0.2, -0.15) is 0 Å². The number of hydrogen-bond donors (Lipinski definition) is 1. The Morgan fingerprint density at radius 1 is 1.65 bits per heavy atom. The van der Waals surface area contributed by atoms with Crippen molar-refractivity contribution in [1.29, 1.82) is 0 Å². The van der Waals surface area contributed by atoms with Gasteiger partial charge in [0.25, 0.3) is 5.91 Å². The summed E-state index contributed by atoms with van der Waals surface area (Å²) in [6, 6.07) is 1.60. The molecule has 90 valence electrons. The van der Waals surface area contributed by atoms with Crippen molar-refractivity contribution >= 4 is 5.91 Å². The molecule has 0 unspecified atom stereocenters. The van der Waals surface area contributed by atoms with E-state index in [0.717, 1.165) is 0 Å². The molecule has 2 heterocycles. The molecule has 0 aliphatic carbocycles. The summed E-state index contributed by atoms with van der Waals surface area (Å²) in [7, 11) is 0. The van der Waals surface area contributed by atoms with Crippen molar-refractivity contribution in [3.8, 4) is 0 Å². The minimum Gasteiger partial charge on any atom is -0.351 e. The lowest BCUT2D eigenvalue weighted by atomic mass is 10.3.